The van der Waals surface area contributed by atoms with Crippen molar-refractivity contribution in [3.63, 3.8) is 0 Å². The molecule has 1 aliphatic rings. The molecule has 3 N–H and O–H groups in total. The van der Waals surface area contributed by atoms with Gasteiger partial charge in [0.15, 0.2) is 0 Å². The normalized spacial score (nSPS) is 18.1. The number of rotatable bonds is 3. The highest BCUT2D eigenvalue weighted by molar-refractivity contribution is 7.80. The largest absolute Gasteiger partial charge is 0.392 e. The Morgan fingerprint density at radius 2 is 2.00 bits per heavy atom. The number of amides is 1. The van der Waals surface area contributed by atoms with Crippen LogP contribution in [0.4, 0.5) is 5.69 Å². The first-order valence-electron chi connectivity index (χ1n) is 7.08. The van der Waals surface area contributed by atoms with Crippen molar-refractivity contribution >= 4 is 28.8 Å². The van der Waals surface area contributed by atoms with Gasteiger partial charge >= 0.3 is 0 Å². The number of nitrogens with one attached hydrogen (secondary N) is 1. The van der Waals surface area contributed by atoms with E-state index in [4.69, 9.17) is 18.0 Å². The van der Waals surface area contributed by atoms with Crippen LogP contribution in [0.3, 0.4) is 0 Å². The van der Waals surface area contributed by atoms with Crippen LogP contribution in [0, 0.1) is 12.3 Å². The molecular weight excluding hydrogens is 270 g/mol. The predicted octanol–water partition coefficient (Wildman–Crippen LogP) is 2.96. The molecular formula is C15H21N3OS. The van der Waals surface area contributed by atoms with Crippen molar-refractivity contribution in [2.75, 3.05) is 5.32 Å². The summed E-state index contributed by atoms with van der Waals surface area (Å²) >= 11 is 5.21. The summed E-state index contributed by atoms with van der Waals surface area (Å²) in [6.45, 7) is 1.94. The summed E-state index contributed by atoms with van der Waals surface area (Å²) in [5, 5.41) is 2.96. The summed E-state index contributed by atoms with van der Waals surface area (Å²) in [5.74, 6) is -0.0806. The number of nitrogens with two attached hydrogens (primary N) is 1. The molecule has 1 amide bonds. The molecule has 1 saturated carbocycles. The van der Waals surface area contributed by atoms with Crippen LogP contribution in [0.15, 0.2) is 18.5 Å². The van der Waals surface area contributed by atoms with Crippen LogP contribution >= 0.6 is 12.2 Å². The number of nitrogens with zero attached hydrogens (tertiary/aromatic N) is 1. The number of hydrogen-bond acceptors (Lipinski definition) is 3. The molecule has 0 aliphatic heterocycles. The van der Waals surface area contributed by atoms with E-state index in [1.165, 1.54) is 0 Å². The summed E-state index contributed by atoms with van der Waals surface area (Å²) in [7, 11) is 0. The number of pyridine rings is 1. The van der Waals surface area contributed by atoms with E-state index in [2.05, 4.69) is 10.3 Å². The van der Waals surface area contributed by atoms with Crippen molar-refractivity contribution in [2.45, 2.75) is 45.4 Å². The Labute approximate surface area is 125 Å². The van der Waals surface area contributed by atoms with Crippen molar-refractivity contribution < 1.29 is 4.79 Å². The van der Waals surface area contributed by atoms with Gasteiger partial charge in [-0.3, -0.25) is 9.78 Å². The van der Waals surface area contributed by atoms with Crippen LogP contribution in [0.1, 0.15) is 44.1 Å². The molecule has 0 spiro atoms. The van der Waals surface area contributed by atoms with Gasteiger partial charge in [0.25, 0.3) is 0 Å². The number of thiocarbonyl (C=S) groups is 1. The van der Waals surface area contributed by atoms with Crippen LogP contribution in [0.2, 0.25) is 0 Å². The molecule has 20 heavy (non-hydrogen) atoms. The third-order valence-electron chi connectivity index (χ3n) is 4.15. The van der Waals surface area contributed by atoms with E-state index in [-0.39, 0.29) is 5.91 Å². The van der Waals surface area contributed by atoms with Crippen molar-refractivity contribution in [1.29, 1.82) is 0 Å². The second-order valence-electron chi connectivity index (χ2n) is 5.51. The highest BCUT2D eigenvalue weighted by Gasteiger charge is 2.41. The zero-order chi connectivity index (χ0) is 14.6. The van der Waals surface area contributed by atoms with Crippen LogP contribution in [-0.4, -0.2) is 15.9 Å². The second-order valence-corrected chi connectivity index (χ2v) is 5.95. The molecule has 5 heteroatoms. The van der Waals surface area contributed by atoms with E-state index >= 15 is 0 Å². The minimum atomic E-state index is -0.700. The van der Waals surface area contributed by atoms with Gasteiger partial charge in [-0.1, -0.05) is 37.9 Å². The van der Waals surface area contributed by atoms with E-state index in [0.29, 0.717) is 4.99 Å². The first-order chi connectivity index (χ1) is 9.56. The smallest absolute Gasteiger partial charge is 0.237 e. The Morgan fingerprint density at radius 1 is 1.35 bits per heavy atom. The molecule has 0 saturated heterocycles. The molecule has 1 aliphatic carbocycles. The van der Waals surface area contributed by atoms with Gasteiger partial charge in [0.2, 0.25) is 5.91 Å². The minimum Gasteiger partial charge on any atom is -0.392 e. The van der Waals surface area contributed by atoms with E-state index in [1.54, 1.807) is 12.4 Å². The van der Waals surface area contributed by atoms with Crippen molar-refractivity contribution in [2.24, 2.45) is 11.1 Å². The standard InChI is InChI=1S/C15H21N3OS/c1-11-6-9-17-10-12(11)18-14(19)15(13(16)20)7-4-2-3-5-8-15/h6,9-10H,2-5,7-8H2,1H3,(H2,16,20)(H,18,19). The molecule has 2 rings (SSSR count). The van der Waals surface area contributed by atoms with E-state index in [9.17, 15) is 4.79 Å². The van der Waals surface area contributed by atoms with Crippen LogP contribution in [0.25, 0.3) is 0 Å². The Balaban J connectivity index is 2.23. The van der Waals surface area contributed by atoms with E-state index in [0.717, 1.165) is 49.8 Å². The maximum atomic E-state index is 12.7. The van der Waals surface area contributed by atoms with Gasteiger partial charge in [-0.25, -0.2) is 0 Å². The Bertz CT molecular complexity index is 508. The van der Waals surface area contributed by atoms with Crippen LogP contribution in [0.5, 0.6) is 0 Å². The average Bonchev–Trinajstić information content (AvgIpc) is 2.68. The lowest BCUT2D eigenvalue weighted by Gasteiger charge is -2.30. The van der Waals surface area contributed by atoms with Crippen LogP contribution < -0.4 is 11.1 Å². The van der Waals surface area contributed by atoms with E-state index in [1.807, 2.05) is 13.0 Å². The van der Waals surface area contributed by atoms with Gasteiger partial charge in [-0.05, 0) is 31.4 Å². The topological polar surface area (TPSA) is 68.0 Å². The van der Waals surface area contributed by atoms with Crippen molar-refractivity contribution in [3.8, 4) is 0 Å². The molecule has 1 heterocycles. The number of hydrogen-bond donors (Lipinski definition) is 2. The maximum absolute atomic E-state index is 12.7. The molecule has 0 atom stereocenters. The fourth-order valence-corrected chi connectivity index (χ4v) is 3.05. The molecule has 0 bridgehead atoms. The molecule has 1 aromatic heterocycles. The molecule has 108 valence electrons. The number of carbonyl (C=O) groups excluding carboxylic acids is 1. The van der Waals surface area contributed by atoms with Gasteiger partial charge in [-0.2, -0.15) is 0 Å². The summed E-state index contributed by atoms with van der Waals surface area (Å²) < 4.78 is 0. The average molecular weight is 291 g/mol. The Kier molecular flexibility index (Phi) is 4.70. The number of carbonyl (C=O) groups is 1. The fourth-order valence-electron chi connectivity index (χ4n) is 2.75. The first kappa shape index (κ1) is 14.9. The second kappa shape index (κ2) is 6.31. The quantitative estimate of drug-likeness (QED) is 0.663. The predicted molar refractivity (Wildman–Crippen MR) is 84.5 cm³/mol. The van der Waals surface area contributed by atoms with Gasteiger partial charge in [0.05, 0.1) is 22.3 Å². The number of aromatic nitrogens is 1. The first-order valence-corrected chi connectivity index (χ1v) is 7.49. The highest BCUT2D eigenvalue weighted by Crippen LogP contribution is 2.36. The van der Waals surface area contributed by atoms with Gasteiger partial charge < -0.3 is 11.1 Å². The maximum Gasteiger partial charge on any atom is 0.237 e. The molecule has 1 fully saturated rings. The lowest BCUT2D eigenvalue weighted by Crippen LogP contribution is -2.45. The zero-order valence-electron chi connectivity index (χ0n) is 11.8. The molecule has 0 radical (unpaired) electrons. The SMILES string of the molecule is Cc1ccncc1NC(=O)C1(C(N)=S)CCCCCC1. The Hall–Kier alpha value is -1.49. The van der Waals surface area contributed by atoms with Crippen molar-refractivity contribution in [3.05, 3.63) is 24.0 Å². The lowest BCUT2D eigenvalue weighted by atomic mass is 9.79. The zero-order valence-corrected chi connectivity index (χ0v) is 12.6. The Morgan fingerprint density at radius 3 is 2.55 bits per heavy atom. The third kappa shape index (κ3) is 2.98. The van der Waals surface area contributed by atoms with Gasteiger partial charge in [-0.15, -0.1) is 0 Å². The summed E-state index contributed by atoms with van der Waals surface area (Å²) in [5.41, 5.74) is 6.94. The van der Waals surface area contributed by atoms with Crippen LogP contribution in [-0.2, 0) is 4.79 Å². The van der Waals surface area contributed by atoms with Gasteiger partial charge in [0, 0.05) is 6.20 Å². The van der Waals surface area contributed by atoms with Gasteiger partial charge in [0.1, 0.15) is 0 Å². The minimum absolute atomic E-state index is 0.0806. The summed E-state index contributed by atoms with van der Waals surface area (Å²) in [4.78, 5) is 17.1. The van der Waals surface area contributed by atoms with Crippen molar-refractivity contribution in [1.82, 2.24) is 4.98 Å². The molecule has 0 unspecified atom stereocenters. The summed E-state index contributed by atoms with van der Waals surface area (Å²) in [6.07, 6.45) is 9.14. The molecule has 1 aromatic rings. The fraction of sp³-hybridized carbons (Fsp3) is 0.533. The molecule has 0 aromatic carbocycles. The number of aryl methyl sites for hydroxylation is 1. The molecule has 4 nitrogen and oxygen atoms in total. The van der Waals surface area contributed by atoms with E-state index < -0.39 is 5.41 Å². The monoisotopic (exact) mass is 291 g/mol. The highest BCUT2D eigenvalue weighted by atomic mass is 32.1. The third-order valence-corrected chi connectivity index (χ3v) is 4.54. The lowest BCUT2D eigenvalue weighted by molar-refractivity contribution is -0.122. The number of anilines is 1. The summed E-state index contributed by atoms with van der Waals surface area (Å²) in [6, 6.07) is 1.87.